The van der Waals surface area contributed by atoms with Crippen LogP contribution in [0.15, 0.2) is 16.6 Å². The lowest BCUT2D eigenvalue weighted by Gasteiger charge is -2.39. The van der Waals surface area contributed by atoms with Crippen LogP contribution in [0.4, 0.5) is 10.1 Å². The van der Waals surface area contributed by atoms with Gasteiger partial charge in [0.05, 0.1) is 4.47 Å². The van der Waals surface area contributed by atoms with E-state index in [1.807, 2.05) is 13.0 Å². The number of anilines is 1. The Morgan fingerprint density at radius 1 is 1.45 bits per heavy atom. The van der Waals surface area contributed by atoms with Gasteiger partial charge in [0.1, 0.15) is 5.82 Å². The van der Waals surface area contributed by atoms with E-state index in [4.69, 9.17) is 0 Å². The molecule has 1 heterocycles. The van der Waals surface area contributed by atoms with E-state index >= 15 is 0 Å². The molecule has 4 heteroatoms. The topological polar surface area (TPSA) is 15.3 Å². The van der Waals surface area contributed by atoms with Crippen LogP contribution in [0.1, 0.15) is 32.3 Å². The second-order valence-corrected chi connectivity index (χ2v) is 6.68. The van der Waals surface area contributed by atoms with Gasteiger partial charge in [-0.25, -0.2) is 4.39 Å². The summed E-state index contributed by atoms with van der Waals surface area (Å²) in [7, 11) is 0. The van der Waals surface area contributed by atoms with Crippen molar-refractivity contribution in [1.82, 2.24) is 5.32 Å². The summed E-state index contributed by atoms with van der Waals surface area (Å²) in [5, 5.41) is 3.63. The molecule has 112 valence electrons. The molecule has 1 saturated heterocycles. The Labute approximate surface area is 129 Å². The quantitative estimate of drug-likeness (QED) is 0.885. The molecule has 0 aliphatic carbocycles. The lowest BCUT2D eigenvalue weighted by molar-refractivity contribution is 0.322. The number of hydrogen-bond donors (Lipinski definition) is 1. The van der Waals surface area contributed by atoms with Crippen LogP contribution < -0.4 is 10.2 Å². The van der Waals surface area contributed by atoms with Crippen molar-refractivity contribution in [2.24, 2.45) is 5.92 Å². The molecule has 20 heavy (non-hydrogen) atoms. The van der Waals surface area contributed by atoms with Gasteiger partial charge in [-0.3, -0.25) is 0 Å². The van der Waals surface area contributed by atoms with Crippen LogP contribution in [0.3, 0.4) is 0 Å². The highest BCUT2D eigenvalue weighted by molar-refractivity contribution is 9.10. The first-order chi connectivity index (χ1) is 9.52. The molecular formula is C16H24BrFN2. The third-order valence-electron chi connectivity index (χ3n) is 4.14. The zero-order chi connectivity index (χ0) is 14.7. The fourth-order valence-electron chi connectivity index (χ4n) is 2.97. The lowest BCUT2D eigenvalue weighted by atomic mass is 9.93. The number of nitrogens with zero attached hydrogens (tertiary/aromatic N) is 1. The standard InChI is InChI=1S/C16H24BrFN2/c1-4-6-19-15-5-7-20(10-12(15)3)16-9-13(17)14(18)8-11(16)2/h8-9,12,15,19H,4-7,10H2,1-3H3. The van der Waals surface area contributed by atoms with Gasteiger partial charge in [0.15, 0.2) is 0 Å². The highest BCUT2D eigenvalue weighted by Crippen LogP contribution is 2.30. The van der Waals surface area contributed by atoms with Crippen molar-refractivity contribution in [2.75, 3.05) is 24.5 Å². The van der Waals surface area contributed by atoms with Gasteiger partial charge >= 0.3 is 0 Å². The van der Waals surface area contributed by atoms with Crippen LogP contribution in [-0.2, 0) is 0 Å². The van der Waals surface area contributed by atoms with E-state index in [2.05, 4.69) is 40.0 Å². The monoisotopic (exact) mass is 342 g/mol. The lowest BCUT2D eigenvalue weighted by Crippen LogP contribution is -2.48. The molecule has 0 amide bonds. The number of piperidine rings is 1. The summed E-state index contributed by atoms with van der Waals surface area (Å²) in [5.41, 5.74) is 2.16. The summed E-state index contributed by atoms with van der Waals surface area (Å²) in [4.78, 5) is 2.38. The van der Waals surface area contributed by atoms with E-state index in [-0.39, 0.29) is 5.82 Å². The van der Waals surface area contributed by atoms with Crippen LogP contribution in [0.2, 0.25) is 0 Å². The van der Waals surface area contributed by atoms with E-state index in [1.165, 1.54) is 6.42 Å². The average molecular weight is 343 g/mol. The molecule has 1 fully saturated rings. The van der Waals surface area contributed by atoms with E-state index in [9.17, 15) is 4.39 Å². The summed E-state index contributed by atoms with van der Waals surface area (Å²) < 4.78 is 14.1. The summed E-state index contributed by atoms with van der Waals surface area (Å²) in [5.74, 6) is 0.428. The molecule has 0 spiro atoms. The Bertz CT molecular complexity index is 464. The largest absolute Gasteiger partial charge is 0.371 e. The van der Waals surface area contributed by atoms with E-state index in [1.54, 1.807) is 6.07 Å². The Balaban J connectivity index is 2.07. The van der Waals surface area contributed by atoms with Crippen molar-refractivity contribution in [2.45, 2.75) is 39.7 Å². The third kappa shape index (κ3) is 3.53. The van der Waals surface area contributed by atoms with Gasteiger partial charge in [0.25, 0.3) is 0 Å². The summed E-state index contributed by atoms with van der Waals surface area (Å²) in [6.45, 7) is 9.64. The van der Waals surface area contributed by atoms with Gasteiger partial charge < -0.3 is 10.2 Å². The fourth-order valence-corrected chi connectivity index (χ4v) is 3.31. The minimum atomic E-state index is -0.182. The molecule has 0 radical (unpaired) electrons. The Hall–Kier alpha value is -0.610. The number of halogens is 2. The predicted octanol–water partition coefficient (Wildman–Crippen LogP) is 4.11. The zero-order valence-corrected chi connectivity index (χ0v) is 14.1. The maximum Gasteiger partial charge on any atom is 0.137 e. The number of rotatable bonds is 4. The molecule has 2 rings (SSSR count). The maximum atomic E-state index is 13.5. The molecule has 2 atom stereocenters. The Morgan fingerprint density at radius 2 is 2.20 bits per heavy atom. The minimum absolute atomic E-state index is 0.182. The highest BCUT2D eigenvalue weighted by atomic mass is 79.9. The average Bonchev–Trinajstić information content (AvgIpc) is 2.41. The Morgan fingerprint density at radius 3 is 2.85 bits per heavy atom. The van der Waals surface area contributed by atoms with Crippen LogP contribution in [0.25, 0.3) is 0 Å². The minimum Gasteiger partial charge on any atom is -0.371 e. The zero-order valence-electron chi connectivity index (χ0n) is 12.5. The predicted molar refractivity (Wildman–Crippen MR) is 86.9 cm³/mol. The molecule has 1 aromatic rings. The normalized spacial score (nSPS) is 23.1. The summed E-state index contributed by atoms with van der Waals surface area (Å²) in [6.07, 6.45) is 2.33. The fraction of sp³-hybridized carbons (Fsp3) is 0.625. The van der Waals surface area contributed by atoms with Crippen LogP contribution in [-0.4, -0.2) is 25.7 Å². The van der Waals surface area contributed by atoms with E-state index in [0.29, 0.717) is 16.4 Å². The first kappa shape index (κ1) is 15.8. The van der Waals surface area contributed by atoms with Gasteiger partial charge in [-0.1, -0.05) is 13.8 Å². The number of nitrogens with one attached hydrogen (secondary N) is 1. The molecule has 0 aromatic heterocycles. The molecule has 1 aliphatic rings. The third-order valence-corrected chi connectivity index (χ3v) is 4.75. The maximum absolute atomic E-state index is 13.5. The smallest absolute Gasteiger partial charge is 0.137 e. The van der Waals surface area contributed by atoms with Crippen molar-refractivity contribution in [3.63, 3.8) is 0 Å². The van der Waals surface area contributed by atoms with Crippen molar-refractivity contribution in [3.05, 3.63) is 28.0 Å². The van der Waals surface area contributed by atoms with Crippen molar-refractivity contribution in [1.29, 1.82) is 0 Å². The second kappa shape index (κ2) is 6.90. The van der Waals surface area contributed by atoms with Gasteiger partial charge in [0.2, 0.25) is 0 Å². The molecule has 2 unspecified atom stereocenters. The Kier molecular flexibility index (Phi) is 5.44. The first-order valence-electron chi connectivity index (χ1n) is 7.47. The van der Waals surface area contributed by atoms with Crippen molar-refractivity contribution in [3.8, 4) is 0 Å². The molecular weight excluding hydrogens is 319 g/mol. The molecule has 1 aliphatic heterocycles. The van der Waals surface area contributed by atoms with Crippen molar-refractivity contribution < 1.29 is 4.39 Å². The summed E-state index contributed by atoms with van der Waals surface area (Å²) >= 11 is 3.29. The number of benzene rings is 1. The molecule has 1 N–H and O–H groups in total. The number of hydrogen-bond acceptors (Lipinski definition) is 2. The van der Waals surface area contributed by atoms with Gasteiger partial charge in [0, 0.05) is 24.8 Å². The van der Waals surface area contributed by atoms with Crippen molar-refractivity contribution >= 4 is 21.6 Å². The van der Waals surface area contributed by atoms with Gasteiger partial charge in [-0.2, -0.15) is 0 Å². The summed E-state index contributed by atoms with van der Waals surface area (Å²) in [6, 6.07) is 4.14. The molecule has 1 aromatic carbocycles. The van der Waals surface area contributed by atoms with Crippen LogP contribution >= 0.6 is 15.9 Å². The second-order valence-electron chi connectivity index (χ2n) is 5.83. The highest BCUT2D eigenvalue weighted by Gasteiger charge is 2.26. The van der Waals surface area contributed by atoms with Crippen LogP contribution in [0, 0.1) is 18.7 Å². The van der Waals surface area contributed by atoms with Gasteiger partial charge in [-0.05, 0) is 65.9 Å². The van der Waals surface area contributed by atoms with Crippen LogP contribution in [0.5, 0.6) is 0 Å². The molecule has 0 saturated carbocycles. The molecule has 2 nitrogen and oxygen atoms in total. The molecule has 0 bridgehead atoms. The number of aryl methyl sites for hydroxylation is 1. The van der Waals surface area contributed by atoms with Gasteiger partial charge in [-0.15, -0.1) is 0 Å². The van der Waals surface area contributed by atoms with E-state index < -0.39 is 0 Å². The SMILES string of the molecule is CCCNC1CCN(c2cc(Br)c(F)cc2C)CC1C. The van der Waals surface area contributed by atoms with E-state index in [0.717, 1.165) is 37.3 Å². The first-order valence-corrected chi connectivity index (χ1v) is 8.26.